The molecule has 1 amide bonds. The lowest BCUT2D eigenvalue weighted by Crippen LogP contribution is -2.27. The Morgan fingerprint density at radius 1 is 1.52 bits per heavy atom. The summed E-state index contributed by atoms with van der Waals surface area (Å²) >= 11 is 0. The third kappa shape index (κ3) is 3.55. The zero-order valence-corrected chi connectivity index (χ0v) is 11.5. The predicted molar refractivity (Wildman–Crippen MR) is 70.5 cm³/mol. The second kappa shape index (κ2) is 6.03. The van der Waals surface area contributed by atoms with Crippen LogP contribution in [0, 0.1) is 10.1 Å². The molecule has 1 N–H and O–H groups in total. The molecule has 0 saturated heterocycles. The molecule has 2 aromatic rings. The number of nitrogens with zero attached hydrogens (tertiary/aromatic N) is 5. The fourth-order valence-corrected chi connectivity index (χ4v) is 1.71. The van der Waals surface area contributed by atoms with Gasteiger partial charge >= 0.3 is 11.6 Å². The Kier molecular flexibility index (Phi) is 4.16. The molecular weight excluding hydrogens is 280 g/mol. The topological polar surface area (TPSA) is 117 Å². The first kappa shape index (κ1) is 14.5. The van der Waals surface area contributed by atoms with Crippen LogP contribution in [0.15, 0.2) is 18.6 Å². The molecule has 0 bridgehead atoms. The van der Waals surface area contributed by atoms with Gasteiger partial charge in [0, 0.05) is 25.4 Å². The van der Waals surface area contributed by atoms with Crippen LogP contribution >= 0.6 is 0 Å². The molecule has 21 heavy (non-hydrogen) atoms. The molecule has 0 fully saturated rings. The van der Waals surface area contributed by atoms with E-state index in [1.54, 1.807) is 24.1 Å². The summed E-state index contributed by atoms with van der Waals surface area (Å²) in [7, 11) is 3.06. The Morgan fingerprint density at radius 2 is 2.29 bits per heavy atom. The molecule has 0 atom stereocenters. The number of amides is 1. The van der Waals surface area contributed by atoms with Gasteiger partial charge < -0.3 is 10.1 Å². The largest absolute Gasteiger partial charge is 0.475 e. The van der Waals surface area contributed by atoms with E-state index < -0.39 is 4.92 Å². The summed E-state index contributed by atoms with van der Waals surface area (Å²) in [5.74, 6) is -0.445. The van der Waals surface area contributed by atoms with E-state index in [-0.39, 0.29) is 24.0 Å². The first-order valence-electron chi connectivity index (χ1n) is 5.99. The number of aromatic nitrogens is 4. The van der Waals surface area contributed by atoms with E-state index in [9.17, 15) is 14.9 Å². The molecule has 0 saturated carbocycles. The van der Waals surface area contributed by atoms with Crippen LogP contribution in [0.1, 0.15) is 5.56 Å². The molecule has 0 unspecified atom stereocenters. The number of carbonyl (C=O) groups excluding carboxylic acids is 1. The Balaban J connectivity index is 1.94. The maximum atomic E-state index is 11.8. The lowest BCUT2D eigenvalue weighted by atomic mass is 10.3. The van der Waals surface area contributed by atoms with Crippen molar-refractivity contribution < 1.29 is 14.5 Å². The zero-order chi connectivity index (χ0) is 15.4. The fraction of sp³-hybridized carbons (Fsp3) is 0.364. The van der Waals surface area contributed by atoms with Crippen LogP contribution in [-0.4, -0.2) is 37.5 Å². The maximum Gasteiger partial charge on any atom is 0.350 e. The highest BCUT2D eigenvalue weighted by Crippen LogP contribution is 2.23. The van der Waals surface area contributed by atoms with Crippen LogP contribution in [0.25, 0.3) is 0 Å². The van der Waals surface area contributed by atoms with Crippen molar-refractivity contribution in [1.82, 2.24) is 24.9 Å². The van der Waals surface area contributed by atoms with Crippen LogP contribution in [0.2, 0.25) is 0 Å². The summed E-state index contributed by atoms with van der Waals surface area (Å²) in [6, 6.07) is 0. The lowest BCUT2D eigenvalue weighted by Gasteiger charge is -2.03. The molecular formula is C11H14N6O4. The molecule has 112 valence electrons. The highest BCUT2D eigenvalue weighted by molar-refractivity contribution is 5.75. The van der Waals surface area contributed by atoms with Crippen LogP contribution in [0.3, 0.4) is 0 Å². The molecule has 2 heterocycles. The van der Waals surface area contributed by atoms with Crippen LogP contribution in [0.5, 0.6) is 5.88 Å². The first-order chi connectivity index (χ1) is 9.99. The summed E-state index contributed by atoms with van der Waals surface area (Å²) in [5.41, 5.74) is 0.576. The fourth-order valence-electron chi connectivity index (χ4n) is 1.71. The summed E-state index contributed by atoms with van der Waals surface area (Å²) in [4.78, 5) is 21.9. The lowest BCUT2D eigenvalue weighted by molar-refractivity contribution is -0.385. The summed E-state index contributed by atoms with van der Waals surface area (Å²) < 4.78 is 7.58. The Hall–Kier alpha value is -2.91. The van der Waals surface area contributed by atoms with Gasteiger partial charge in [0.25, 0.3) is 0 Å². The molecule has 0 aliphatic carbocycles. The Labute approximate surface area is 119 Å². The quantitative estimate of drug-likeness (QED) is 0.585. The minimum absolute atomic E-state index is 0.125. The van der Waals surface area contributed by atoms with Gasteiger partial charge in [0.2, 0.25) is 5.91 Å². The number of hydrogen-bond donors (Lipinski definition) is 1. The van der Waals surface area contributed by atoms with Gasteiger partial charge in [-0.15, -0.1) is 5.10 Å². The molecule has 0 radical (unpaired) electrons. The van der Waals surface area contributed by atoms with E-state index >= 15 is 0 Å². The second-order valence-electron chi connectivity index (χ2n) is 4.28. The van der Waals surface area contributed by atoms with E-state index in [2.05, 4.69) is 15.5 Å². The van der Waals surface area contributed by atoms with Gasteiger partial charge in [-0.3, -0.25) is 24.3 Å². The number of ether oxygens (including phenoxy) is 1. The van der Waals surface area contributed by atoms with E-state index in [4.69, 9.17) is 4.74 Å². The number of nitrogens with one attached hydrogen (secondary N) is 1. The maximum absolute atomic E-state index is 11.8. The molecule has 0 aliphatic heterocycles. The van der Waals surface area contributed by atoms with Crippen molar-refractivity contribution in [1.29, 1.82) is 0 Å². The highest BCUT2D eigenvalue weighted by Gasteiger charge is 2.20. The molecule has 0 aromatic carbocycles. The first-order valence-corrected chi connectivity index (χ1v) is 5.99. The predicted octanol–water partition coefficient (Wildman–Crippen LogP) is -0.150. The average molecular weight is 294 g/mol. The SMILES string of the molecule is COc1nn(CC(=O)NCc2cnn(C)c2)cc1[N+](=O)[O-]. The van der Waals surface area contributed by atoms with Crippen molar-refractivity contribution in [2.45, 2.75) is 13.1 Å². The number of methoxy groups -OCH3 is 1. The number of nitro groups is 1. The van der Waals surface area contributed by atoms with Crippen LogP contribution in [0.4, 0.5) is 5.69 Å². The van der Waals surface area contributed by atoms with Gasteiger partial charge in [0.15, 0.2) is 0 Å². The average Bonchev–Trinajstić information content (AvgIpc) is 3.02. The molecule has 2 aromatic heterocycles. The summed E-state index contributed by atoms with van der Waals surface area (Å²) in [6.45, 7) is 0.192. The van der Waals surface area contributed by atoms with Crippen molar-refractivity contribution in [3.63, 3.8) is 0 Å². The molecule has 0 aliphatic rings. The standard InChI is InChI=1S/C11H14N6O4/c1-15-5-8(4-13-15)3-12-10(18)7-16-6-9(17(19)20)11(14-16)21-2/h4-6H,3,7H2,1-2H3,(H,12,18). The number of aryl methyl sites for hydroxylation is 1. The Morgan fingerprint density at radius 3 is 2.81 bits per heavy atom. The molecule has 10 nitrogen and oxygen atoms in total. The number of hydrogen-bond acceptors (Lipinski definition) is 6. The third-order valence-electron chi connectivity index (χ3n) is 2.65. The van der Waals surface area contributed by atoms with Gasteiger partial charge in [-0.1, -0.05) is 0 Å². The van der Waals surface area contributed by atoms with Gasteiger partial charge in [0.1, 0.15) is 12.7 Å². The smallest absolute Gasteiger partial charge is 0.350 e. The highest BCUT2D eigenvalue weighted by atomic mass is 16.6. The van der Waals surface area contributed by atoms with Gasteiger partial charge in [-0.05, 0) is 0 Å². The van der Waals surface area contributed by atoms with Gasteiger partial charge in [-0.25, -0.2) is 0 Å². The van der Waals surface area contributed by atoms with Crippen LogP contribution < -0.4 is 10.1 Å². The number of rotatable bonds is 6. The van der Waals surface area contributed by atoms with Crippen molar-refractivity contribution in [3.8, 4) is 5.88 Å². The van der Waals surface area contributed by atoms with Gasteiger partial charge in [0.05, 0.1) is 18.2 Å². The second-order valence-corrected chi connectivity index (χ2v) is 4.28. The third-order valence-corrected chi connectivity index (χ3v) is 2.65. The van der Waals surface area contributed by atoms with E-state index in [1.807, 2.05) is 0 Å². The van der Waals surface area contributed by atoms with Crippen molar-refractivity contribution in [2.24, 2.45) is 7.05 Å². The minimum atomic E-state index is -0.615. The normalized spacial score (nSPS) is 10.4. The van der Waals surface area contributed by atoms with Crippen molar-refractivity contribution in [2.75, 3.05) is 7.11 Å². The minimum Gasteiger partial charge on any atom is -0.475 e. The van der Waals surface area contributed by atoms with Crippen LogP contribution in [-0.2, 0) is 24.9 Å². The molecule has 0 spiro atoms. The summed E-state index contributed by atoms with van der Waals surface area (Å²) in [6.07, 6.45) is 4.58. The summed E-state index contributed by atoms with van der Waals surface area (Å²) in [5, 5.41) is 21.2. The van der Waals surface area contributed by atoms with E-state index in [0.717, 1.165) is 16.4 Å². The Bertz CT molecular complexity index is 661. The molecule has 2 rings (SSSR count). The van der Waals surface area contributed by atoms with Crippen molar-refractivity contribution >= 4 is 11.6 Å². The van der Waals surface area contributed by atoms with E-state index in [0.29, 0.717) is 6.54 Å². The van der Waals surface area contributed by atoms with Crippen molar-refractivity contribution in [3.05, 3.63) is 34.3 Å². The number of carbonyl (C=O) groups is 1. The zero-order valence-electron chi connectivity index (χ0n) is 11.5. The van der Waals surface area contributed by atoms with E-state index in [1.165, 1.54) is 7.11 Å². The molecule has 10 heteroatoms. The monoisotopic (exact) mass is 294 g/mol. The van der Waals surface area contributed by atoms with Gasteiger partial charge in [-0.2, -0.15) is 5.10 Å².